The van der Waals surface area contributed by atoms with Gasteiger partial charge in [0.1, 0.15) is 0 Å². The summed E-state index contributed by atoms with van der Waals surface area (Å²) in [5.41, 5.74) is -0.322. The van der Waals surface area contributed by atoms with Crippen LogP contribution in [0.1, 0.15) is 82.9 Å². The molecule has 2 heterocycles. The highest BCUT2D eigenvalue weighted by atomic mass is 32.2. The van der Waals surface area contributed by atoms with E-state index < -0.39 is 21.6 Å². The standard InChI is InChI=1S/C22H29F3N2O4S.C3H8.C2H6/c1-32(29,30)20-12-16(22(23,24)25)10-15-13-27(7-4-19(15)20)21(28)14-2-3-18(11-14)26-17-5-8-31-9-6-17;1-3-2;1-2/h10,12,14,17-18,26H,2-9,11,13H2,1H3;3H2,1-2H3;1-2H3. The van der Waals surface area contributed by atoms with Crippen molar-refractivity contribution in [2.24, 2.45) is 5.92 Å². The third-order valence-electron chi connectivity index (χ3n) is 6.81. The largest absolute Gasteiger partial charge is 0.416 e. The average Bonchev–Trinajstić information content (AvgIpc) is 3.32. The molecule has 2 aliphatic heterocycles. The number of hydrogen-bond donors (Lipinski definition) is 1. The SMILES string of the molecule is CC.CCC.CS(=O)(=O)c1cc(C(F)(F)F)cc2c1CCN(C(=O)C1CCC(NC3CCOCC3)C1)C2. The number of benzene rings is 1. The van der Waals surface area contributed by atoms with Gasteiger partial charge in [-0.2, -0.15) is 13.2 Å². The molecule has 1 amide bonds. The number of amides is 1. The monoisotopic (exact) mass is 548 g/mol. The number of sulfone groups is 1. The lowest BCUT2D eigenvalue weighted by atomic mass is 9.95. The van der Waals surface area contributed by atoms with Crippen molar-refractivity contribution in [1.82, 2.24) is 10.2 Å². The number of fused-ring (bicyclic) bond motifs is 1. The van der Waals surface area contributed by atoms with Crippen LogP contribution in [0.25, 0.3) is 0 Å². The van der Waals surface area contributed by atoms with Crippen LogP contribution in [0.2, 0.25) is 0 Å². The van der Waals surface area contributed by atoms with E-state index in [0.29, 0.717) is 18.2 Å². The zero-order valence-corrected chi connectivity index (χ0v) is 23.6. The van der Waals surface area contributed by atoms with Crippen molar-refractivity contribution in [3.05, 3.63) is 28.8 Å². The van der Waals surface area contributed by atoms with Gasteiger partial charge in [0, 0.05) is 50.6 Å². The van der Waals surface area contributed by atoms with E-state index >= 15 is 0 Å². The molecule has 2 fully saturated rings. The zero-order chi connectivity index (χ0) is 27.8. The van der Waals surface area contributed by atoms with Crippen molar-refractivity contribution in [3.8, 4) is 0 Å². The number of halogens is 3. The van der Waals surface area contributed by atoms with Gasteiger partial charge >= 0.3 is 6.18 Å². The summed E-state index contributed by atoms with van der Waals surface area (Å²) >= 11 is 0. The Bertz CT molecular complexity index is 992. The van der Waals surface area contributed by atoms with E-state index in [1.807, 2.05) is 13.8 Å². The number of rotatable bonds is 4. The Hall–Kier alpha value is -1.65. The van der Waals surface area contributed by atoms with Gasteiger partial charge in [0.2, 0.25) is 5.91 Å². The van der Waals surface area contributed by atoms with E-state index in [0.717, 1.165) is 63.7 Å². The Balaban J connectivity index is 0.000000898. The summed E-state index contributed by atoms with van der Waals surface area (Å²) in [6, 6.07) is 2.38. The van der Waals surface area contributed by atoms with Gasteiger partial charge in [-0.05, 0) is 61.8 Å². The minimum absolute atomic E-state index is 0.00909. The maximum absolute atomic E-state index is 13.4. The summed E-state index contributed by atoms with van der Waals surface area (Å²) in [6.07, 6.45) is 2.04. The van der Waals surface area contributed by atoms with Crippen LogP contribution in [0.4, 0.5) is 13.2 Å². The highest BCUT2D eigenvalue weighted by Crippen LogP contribution is 2.37. The molecule has 1 aromatic rings. The summed E-state index contributed by atoms with van der Waals surface area (Å²) in [5, 5.41) is 3.63. The van der Waals surface area contributed by atoms with Gasteiger partial charge in [0.05, 0.1) is 10.5 Å². The molecule has 1 aliphatic carbocycles. The molecule has 1 aromatic carbocycles. The van der Waals surface area contributed by atoms with E-state index in [1.54, 1.807) is 4.90 Å². The fraction of sp³-hybridized carbons (Fsp3) is 0.741. The van der Waals surface area contributed by atoms with Crippen LogP contribution < -0.4 is 5.32 Å². The predicted molar refractivity (Wildman–Crippen MR) is 139 cm³/mol. The van der Waals surface area contributed by atoms with Crippen LogP contribution in [0, 0.1) is 5.92 Å². The second-order valence-corrected chi connectivity index (χ2v) is 11.8. The molecule has 0 radical (unpaired) electrons. The second-order valence-electron chi connectivity index (χ2n) is 9.86. The van der Waals surface area contributed by atoms with Gasteiger partial charge < -0.3 is 15.0 Å². The molecule has 0 bridgehead atoms. The predicted octanol–water partition coefficient (Wildman–Crippen LogP) is 5.37. The van der Waals surface area contributed by atoms with Gasteiger partial charge in [0.15, 0.2) is 9.84 Å². The van der Waals surface area contributed by atoms with Crippen molar-refractivity contribution in [3.63, 3.8) is 0 Å². The summed E-state index contributed by atoms with van der Waals surface area (Å²) in [6.45, 7) is 10.1. The molecule has 1 saturated carbocycles. The molecule has 2 unspecified atom stereocenters. The number of alkyl halides is 3. The van der Waals surface area contributed by atoms with Gasteiger partial charge in [-0.3, -0.25) is 4.79 Å². The summed E-state index contributed by atoms with van der Waals surface area (Å²) < 4.78 is 69.8. The van der Waals surface area contributed by atoms with Crippen molar-refractivity contribution in [2.45, 2.75) is 102 Å². The topological polar surface area (TPSA) is 75.7 Å². The smallest absolute Gasteiger partial charge is 0.381 e. The van der Waals surface area contributed by atoms with E-state index in [9.17, 15) is 26.4 Å². The zero-order valence-electron chi connectivity index (χ0n) is 22.8. The summed E-state index contributed by atoms with van der Waals surface area (Å²) in [5.74, 6) is -0.209. The Morgan fingerprint density at radius 3 is 2.27 bits per heavy atom. The first-order valence-electron chi connectivity index (χ1n) is 13.5. The van der Waals surface area contributed by atoms with Crippen molar-refractivity contribution < 1.29 is 31.1 Å². The summed E-state index contributed by atoms with van der Waals surface area (Å²) in [4.78, 5) is 14.5. The molecule has 37 heavy (non-hydrogen) atoms. The summed E-state index contributed by atoms with van der Waals surface area (Å²) in [7, 11) is -3.82. The molecular formula is C27H43F3N2O4S. The molecule has 1 saturated heterocycles. The minimum atomic E-state index is -4.66. The number of hydrogen-bond acceptors (Lipinski definition) is 5. The molecule has 0 spiro atoms. The minimum Gasteiger partial charge on any atom is -0.381 e. The van der Waals surface area contributed by atoms with E-state index in [2.05, 4.69) is 19.2 Å². The van der Waals surface area contributed by atoms with E-state index in [-0.39, 0.29) is 41.3 Å². The average molecular weight is 549 g/mol. The Kier molecular flexibility index (Phi) is 11.9. The Morgan fingerprint density at radius 2 is 1.70 bits per heavy atom. The highest BCUT2D eigenvalue weighted by Gasteiger charge is 2.38. The lowest BCUT2D eigenvalue weighted by Gasteiger charge is -2.32. The van der Waals surface area contributed by atoms with Crippen LogP contribution in [0.15, 0.2) is 17.0 Å². The Morgan fingerprint density at radius 1 is 1.08 bits per heavy atom. The van der Waals surface area contributed by atoms with E-state index in [4.69, 9.17) is 4.74 Å². The van der Waals surface area contributed by atoms with Gasteiger partial charge in [-0.25, -0.2) is 8.42 Å². The van der Waals surface area contributed by atoms with Crippen LogP contribution in [-0.4, -0.2) is 57.3 Å². The normalized spacial score (nSPS) is 22.3. The number of nitrogens with zero attached hydrogens (tertiary/aromatic N) is 1. The van der Waals surface area contributed by atoms with Gasteiger partial charge in [0.25, 0.3) is 0 Å². The van der Waals surface area contributed by atoms with Crippen LogP contribution in [0.3, 0.4) is 0 Å². The van der Waals surface area contributed by atoms with E-state index in [1.165, 1.54) is 6.42 Å². The molecule has 4 rings (SSSR count). The number of carbonyl (C=O) groups excluding carboxylic acids is 1. The fourth-order valence-corrected chi connectivity index (χ4v) is 6.18. The van der Waals surface area contributed by atoms with Crippen LogP contribution in [0.5, 0.6) is 0 Å². The lowest BCUT2D eigenvalue weighted by molar-refractivity contribution is -0.137. The van der Waals surface area contributed by atoms with Gasteiger partial charge in [-0.1, -0.05) is 34.1 Å². The molecule has 3 aliphatic rings. The van der Waals surface area contributed by atoms with Crippen molar-refractivity contribution in [2.75, 3.05) is 26.0 Å². The third kappa shape index (κ3) is 8.68. The first-order chi connectivity index (χ1) is 17.4. The first-order valence-corrected chi connectivity index (χ1v) is 15.4. The molecule has 0 aromatic heterocycles. The number of carbonyl (C=O) groups is 1. The number of nitrogens with one attached hydrogen (secondary N) is 1. The molecule has 2 atom stereocenters. The van der Waals surface area contributed by atoms with Crippen LogP contribution >= 0.6 is 0 Å². The quantitative estimate of drug-likeness (QED) is 0.547. The molecule has 212 valence electrons. The maximum atomic E-state index is 13.4. The molecule has 10 heteroatoms. The number of ether oxygens (including phenoxy) is 1. The lowest BCUT2D eigenvalue weighted by Crippen LogP contribution is -2.42. The molecule has 1 N–H and O–H groups in total. The van der Waals surface area contributed by atoms with Crippen molar-refractivity contribution in [1.29, 1.82) is 0 Å². The van der Waals surface area contributed by atoms with Crippen LogP contribution in [-0.2, 0) is 38.5 Å². The first kappa shape index (κ1) is 31.6. The van der Waals surface area contributed by atoms with Gasteiger partial charge in [-0.15, -0.1) is 0 Å². The highest BCUT2D eigenvalue weighted by molar-refractivity contribution is 7.90. The second kappa shape index (κ2) is 13.9. The van der Waals surface area contributed by atoms with Crippen molar-refractivity contribution >= 4 is 15.7 Å². The maximum Gasteiger partial charge on any atom is 0.416 e. The molecule has 6 nitrogen and oxygen atoms in total. The third-order valence-corrected chi connectivity index (χ3v) is 7.97. The fourth-order valence-electron chi connectivity index (χ4n) is 5.15. The molecular weight excluding hydrogens is 505 g/mol. The Labute approximate surface area is 220 Å².